The van der Waals surface area contributed by atoms with Gasteiger partial charge < -0.3 is 27.4 Å². The molecule has 0 unspecified atom stereocenters. The first-order valence-electron chi connectivity index (χ1n) is 0.471. The summed E-state index contributed by atoms with van der Waals surface area (Å²) >= 11 is 0. The van der Waals surface area contributed by atoms with Crippen LogP contribution in [0.3, 0.4) is 0 Å². The summed E-state index contributed by atoms with van der Waals surface area (Å²) in [6, 6.07) is 0. The van der Waals surface area contributed by atoms with E-state index in [1.165, 1.54) is 0 Å². The van der Waals surface area contributed by atoms with Gasteiger partial charge in [-0.3, -0.25) is 0 Å². The van der Waals surface area contributed by atoms with Crippen molar-refractivity contribution in [3.63, 3.8) is 0 Å². The van der Waals surface area contributed by atoms with Crippen LogP contribution in [0, 0.1) is 0 Å². The molecule has 0 fully saturated rings. The van der Waals surface area contributed by atoms with Gasteiger partial charge in [0.05, 0.1) is 0 Å². The molecular formula is H10BO7-. The summed E-state index contributed by atoms with van der Waals surface area (Å²) < 4.78 is 8.25. The van der Waals surface area contributed by atoms with Crippen LogP contribution in [0.15, 0.2) is 0 Å². The summed E-state index contributed by atoms with van der Waals surface area (Å²) in [6.45, 7) is 0. The maximum atomic E-state index is 8.25. The molecule has 7 nitrogen and oxygen atoms in total. The van der Waals surface area contributed by atoms with Gasteiger partial charge in [-0.25, -0.2) is 0 Å². The first kappa shape index (κ1) is 145. The normalized spacial score (nSPS) is 1.00. The Labute approximate surface area is 45.8 Å². The van der Waals surface area contributed by atoms with Crippen molar-refractivity contribution in [1.82, 2.24) is 0 Å². The molecule has 0 aromatic heterocycles. The average molecular weight is 133 g/mol. The molecule has 0 saturated heterocycles. The predicted octanol–water partition coefficient (Wildman–Crippen LogP) is -5.81. The average Bonchev–Trinajstić information content (AvgIpc) is 0.918. The fraction of sp³-hybridized carbons (Fsp3) is 0. The summed E-state index contributed by atoms with van der Waals surface area (Å²) in [6.07, 6.45) is 0. The Kier molecular flexibility index (Phi) is 16200. The van der Waals surface area contributed by atoms with E-state index in [2.05, 4.69) is 0 Å². The van der Waals surface area contributed by atoms with Gasteiger partial charge in [0, 0.05) is 0 Å². The molecule has 8 heavy (non-hydrogen) atoms. The van der Waals surface area contributed by atoms with Crippen LogP contribution in [0.4, 0.5) is 0 Å². The second-order valence-electron chi connectivity index (χ2n) is 0.0962. The van der Waals surface area contributed by atoms with Crippen molar-refractivity contribution >= 4 is 7.35 Å². The minimum atomic E-state index is -0.500. The third-order valence-corrected chi connectivity index (χ3v) is 0. The van der Waals surface area contributed by atoms with Crippen molar-refractivity contribution in [3.8, 4) is 0 Å². The van der Waals surface area contributed by atoms with Gasteiger partial charge in [0.25, 0.3) is 0 Å². The monoisotopic (exact) mass is 133 g/mol. The summed E-state index contributed by atoms with van der Waals surface area (Å²) in [4.78, 5) is 0. The van der Waals surface area contributed by atoms with Crippen molar-refractivity contribution < 1.29 is 37.1 Å². The molecule has 0 aliphatic heterocycles. The molecule has 0 amide bonds. The Bertz CT molecular complexity index is 11.9. The van der Waals surface area contributed by atoms with Crippen LogP contribution < -0.4 is 5.02 Å². The van der Waals surface area contributed by atoms with Gasteiger partial charge in [-0.05, 0) is 0 Å². The molecule has 0 rings (SSSR count). The second kappa shape index (κ2) is 893. The van der Waals surface area contributed by atoms with Crippen LogP contribution in [0.25, 0.3) is 0 Å². The molecule has 0 aliphatic carbocycles. The van der Waals surface area contributed by atoms with Crippen LogP contribution in [-0.2, 0) is 4.70 Å². The third kappa shape index (κ3) is 381. The van der Waals surface area contributed by atoms with E-state index in [1.807, 2.05) is 0 Å². The summed E-state index contributed by atoms with van der Waals surface area (Å²) in [7, 11) is -0.500. The predicted molar refractivity (Wildman–Crippen MR) is 24.5 cm³/mol. The van der Waals surface area contributed by atoms with E-state index < -0.39 is 7.35 Å². The zero-order valence-corrected chi connectivity index (χ0v) is 3.89. The van der Waals surface area contributed by atoms with E-state index in [-0.39, 0.29) is 27.4 Å². The molecule has 8 heteroatoms. The Morgan fingerprint density at radius 1 is 0.875 bits per heavy atom. The molecule has 0 aliphatic rings. The van der Waals surface area contributed by atoms with Crippen molar-refractivity contribution in [2.45, 2.75) is 0 Å². The van der Waals surface area contributed by atoms with Gasteiger partial charge in [-0.1, -0.05) is 0 Å². The topological polar surface area (TPSA) is 198 Å². The quantitative estimate of drug-likeness (QED) is 0.296. The van der Waals surface area contributed by atoms with Crippen LogP contribution in [0.1, 0.15) is 0 Å². The molecule has 0 aromatic rings. The van der Waals surface area contributed by atoms with Gasteiger partial charge in [-0.15, -0.1) is 0 Å². The molecule has 56 valence electrons. The van der Waals surface area contributed by atoms with Gasteiger partial charge in [0.15, 0.2) is 0 Å². The number of hydrogen-bond donors (Lipinski definition) is 0. The van der Waals surface area contributed by atoms with E-state index in [4.69, 9.17) is 9.73 Å². The van der Waals surface area contributed by atoms with Crippen molar-refractivity contribution in [2.75, 3.05) is 0 Å². The van der Waals surface area contributed by atoms with Crippen LogP contribution in [-0.4, -0.2) is 34.7 Å². The molecule has 10 N–H and O–H groups in total. The molecule has 0 saturated carbocycles. The second-order valence-corrected chi connectivity index (χ2v) is 0.0962. The molecule has 0 bridgehead atoms. The third-order valence-electron chi connectivity index (χ3n) is 0. The van der Waals surface area contributed by atoms with E-state index in [9.17, 15) is 0 Å². The zero-order chi connectivity index (χ0) is 2.71. The molecular weight excluding hydrogens is 123 g/mol. The fourth-order valence-corrected chi connectivity index (χ4v) is 0. The molecule has 0 aromatic carbocycles. The SMILES string of the molecule is O.O.O.O.O.O=B[O-]. The fourth-order valence-electron chi connectivity index (χ4n) is 0. The van der Waals surface area contributed by atoms with Gasteiger partial charge >= 0.3 is 17.1 Å². The van der Waals surface area contributed by atoms with Crippen molar-refractivity contribution in [3.05, 3.63) is 0 Å². The van der Waals surface area contributed by atoms with Gasteiger partial charge in [-0.2, -0.15) is 0 Å². The minimum absolute atomic E-state index is 0. The maximum absolute atomic E-state index is 8.25. The molecule has 0 heterocycles. The standard InChI is InChI=1S/BO2.5H2O/c2-1-3;;;;;/h;5*1H2/q-1;;;;;. The van der Waals surface area contributed by atoms with Crippen molar-refractivity contribution in [2.24, 2.45) is 0 Å². The van der Waals surface area contributed by atoms with Gasteiger partial charge in [0.2, 0.25) is 0 Å². The number of hydrogen-bond acceptors (Lipinski definition) is 2. The Morgan fingerprint density at radius 3 is 0.875 bits per heavy atom. The summed E-state index contributed by atoms with van der Waals surface area (Å²) in [5, 5.41) is 8.25. The van der Waals surface area contributed by atoms with E-state index >= 15 is 0 Å². The van der Waals surface area contributed by atoms with Crippen LogP contribution in [0.2, 0.25) is 0 Å². The summed E-state index contributed by atoms with van der Waals surface area (Å²) in [5.74, 6) is 0. The first-order chi connectivity index (χ1) is 1.41. The number of rotatable bonds is 0. The van der Waals surface area contributed by atoms with E-state index in [0.29, 0.717) is 0 Å². The van der Waals surface area contributed by atoms with Crippen molar-refractivity contribution in [1.29, 1.82) is 0 Å². The van der Waals surface area contributed by atoms with Crippen LogP contribution in [0.5, 0.6) is 0 Å². The van der Waals surface area contributed by atoms with Crippen LogP contribution >= 0.6 is 0 Å². The van der Waals surface area contributed by atoms with E-state index in [0.717, 1.165) is 0 Å². The Morgan fingerprint density at radius 2 is 0.875 bits per heavy atom. The molecule has 0 atom stereocenters. The Balaban J connectivity index is -0.00000000200. The Hall–Kier alpha value is -0.535. The zero-order valence-electron chi connectivity index (χ0n) is 3.89. The molecule has 0 spiro atoms. The van der Waals surface area contributed by atoms with E-state index in [1.54, 1.807) is 0 Å². The summed E-state index contributed by atoms with van der Waals surface area (Å²) in [5.41, 5.74) is 0. The molecule has 0 radical (unpaired) electrons. The first-order valence-corrected chi connectivity index (χ1v) is 0.471. The van der Waals surface area contributed by atoms with Gasteiger partial charge in [0.1, 0.15) is 0 Å².